The van der Waals surface area contributed by atoms with E-state index in [4.69, 9.17) is 4.74 Å². The number of benzene rings is 1. The third-order valence-corrected chi connectivity index (χ3v) is 3.32. The van der Waals surface area contributed by atoms with Crippen molar-refractivity contribution in [2.45, 2.75) is 6.54 Å². The zero-order chi connectivity index (χ0) is 17.2. The standard InChI is InChI=1S/C18H25N5O/c1-19-18(20-12-13-24-16-9-5-4-6-10-16)21-14-15-8-7-11-17(22-15)23(2)3/h4-11H,12-14H2,1-3H3,(H2,19,20,21). The van der Waals surface area contributed by atoms with Gasteiger partial charge in [0.25, 0.3) is 0 Å². The van der Waals surface area contributed by atoms with Crippen molar-refractivity contribution in [3.63, 3.8) is 0 Å². The summed E-state index contributed by atoms with van der Waals surface area (Å²) in [6.45, 7) is 1.85. The molecule has 0 aliphatic rings. The van der Waals surface area contributed by atoms with E-state index in [9.17, 15) is 0 Å². The zero-order valence-corrected chi connectivity index (χ0v) is 14.5. The first kappa shape index (κ1) is 17.6. The number of nitrogens with zero attached hydrogens (tertiary/aromatic N) is 3. The van der Waals surface area contributed by atoms with Gasteiger partial charge in [-0.05, 0) is 24.3 Å². The fourth-order valence-corrected chi connectivity index (χ4v) is 2.06. The van der Waals surface area contributed by atoms with Crippen molar-refractivity contribution in [1.82, 2.24) is 15.6 Å². The molecule has 6 heteroatoms. The van der Waals surface area contributed by atoms with Crippen LogP contribution in [0.2, 0.25) is 0 Å². The molecule has 128 valence electrons. The van der Waals surface area contributed by atoms with Crippen LogP contribution >= 0.6 is 0 Å². The summed E-state index contributed by atoms with van der Waals surface area (Å²) in [6, 6.07) is 15.7. The van der Waals surface area contributed by atoms with Gasteiger partial charge in [0.15, 0.2) is 5.96 Å². The van der Waals surface area contributed by atoms with Crippen LogP contribution in [0.25, 0.3) is 0 Å². The van der Waals surface area contributed by atoms with Crippen molar-refractivity contribution in [1.29, 1.82) is 0 Å². The Balaban J connectivity index is 1.73. The van der Waals surface area contributed by atoms with Crippen LogP contribution in [0, 0.1) is 0 Å². The topological polar surface area (TPSA) is 61.8 Å². The van der Waals surface area contributed by atoms with Gasteiger partial charge in [-0.15, -0.1) is 0 Å². The van der Waals surface area contributed by atoms with E-state index in [1.807, 2.05) is 67.5 Å². The maximum atomic E-state index is 5.64. The number of rotatable bonds is 7. The number of nitrogens with one attached hydrogen (secondary N) is 2. The minimum atomic E-state index is 0.569. The fourth-order valence-electron chi connectivity index (χ4n) is 2.06. The second kappa shape index (κ2) is 9.39. The van der Waals surface area contributed by atoms with E-state index in [0.717, 1.165) is 23.2 Å². The first-order chi connectivity index (χ1) is 11.7. The molecule has 0 unspecified atom stereocenters. The van der Waals surface area contributed by atoms with E-state index < -0.39 is 0 Å². The van der Waals surface area contributed by atoms with Crippen LogP contribution in [-0.2, 0) is 6.54 Å². The van der Waals surface area contributed by atoms with Crippen LogP contribution in [0.4, 0.5) is 5.82 Å². The van der Waals surface area contributed by atoms with Crippen LogP contribution < -0.4 is 20.3 Å². The van der Waals surface area contributed by atoms with Gasteiger partial charge in [-0.3, -0.25) is 4.99 Å². The average molecular weight is 327 g/mol. The van der Waals surface area contributed by atoms with Gasteiger partial charge in [0.05, 0.1) is 18.8 Å². The third kappa shape index (κ3) is 5.79. The monoisotopic (exact) mass is 327 g/mol. The maximum Gasteiger partial charge on any atom is 0.191 e. The highest BCUT2D eigenvalue weighted by Crippen LogP contribution is 2.08. The largest absolute Gasteiger partial charge is 0.492 e. The Hall–Kier alpha value is -2.76. The normalized spacial score (nSPS) is 11.0. The average Bonchev–Trinajstić information content (AvgIpc) is 2.62. The SMILES string of the molecule is CN=C(NCCOc1ccccc1)NCc1cccc(N(C)C)n1. The van der Waals surface area contributed by atoms with Crippen molar-refractivity contribution < 1.29 is 4.74 Å². The zero-order valence-electron chi connectivity index (χ0n) is 14.5. The van der Waals surface area contributed by atoms with Crippen LogP contribution in [0.15, 0.2) is 53.5 Å². The lowest BCUT2D eigenvalue weighted by Gasteiger charge is -2.14. The number of hydrogen-bond acceptors (Lipinski definition) is 4. The number of guanidine groups is 1. The first-order valence-corrected chi connectivity index (χ1v) is 7.94. The second-order valence-corrected chi connectivity index (χ2v) is 5.40. The van der Waals surface area contributed by atoms with E-state index in [1.165, 1.54) is 0 Å². The van der Waals surface area contributed by atoms with Crippen LogP contribution in [-0.4, -0.2) is 45.2 Å². The van der Waals surface area contributed by atoms with Crippen molar-refractivity contribution in [3.8, 4) is 5.75 Å². The molecule has 0 atom stereocenters. The summed E-state index contributed by atoms with van der Waals surface area (Å²) in [4.78, 5) is 10.8. The van der Waals surface area contributed by atoms with Crippen LogP contribution in [0.5, 0.6) is 5.75 Å². The molecule has 0 bridgehead atoms. The quantitative estimate of drug-likeness (QED) is 0.462. The van der Waals surface area contributed by atoms with Gasteiger partial charge < -0.3 is 20.3 Å². The molecule has 1 heterocycles. The molecule has 0 saturated heterocycles. The number of para-hydroxylation sites is 1. The van der Waals surface area contributed by atoms with Crippen molar-refractivity contribution >= 4 is 11.8 Å². The highest BCUT2D eigenvalue weighted by Gasteiger charge is 2.02. The molecule has 0 aliphatic heterocycles. The summed E-state index contributed by atoms with van der Waals surface area (Å²) in [5, 5.41) is 6.48. The molecule has 24 heavy (non-hydrogen) atoms. The summed E-state index contributed by atoms with van der Waals surface area (Å²) in [6.07, 6.45) is 0. The molecule has 0 fully saturated rings. The lowest BCUT2D eigenvalue weighted by Crippen LogP contribution is -2.39. The maximum absolute atomic E-state index is 5.64. The Morgan fingerprint density at radius 1 is 1.08 bits per heavy atom. The Labute approximate surface area is 143 Å². The first-order valence-electron chi connectivity index (χ1n) is 7.94. The van der Waals surface area contributed by atoms with Crippen molar-refractivity contribution in [2.75, 3.05) is 39.2 Å². The Morgan fingerprint density at radius 3 is 2.58 bits per heavy atom. The fraction of sp³-hybridized carbons (Fsp3) is 0.333. The number of hydrogen-bond donors (Lipinski definition) is 2. The summed E-state index contributed by atoms with van der Waals surface area (Å²) in [7, 11) is 5.70. The third-order valence-electron chi connectivity index (χ3n) is 3.32. The highest BCUT2D eigenvalue weighted by molar-refractivity contribution is 5.79. The lowest BCUT2D eigenvalue weighted by atomic mass is 10.3. The Kier molecular flexibility index (Phi) is 6.89. The van der Waals surface area contributed by atoms with Gasteiger partial charge in [0, 0.05) is 21.1 Å². The van der Waals surface area contributed by atoms with Gasteiger partial charge in [0.2, 0.25) is 0 Å². The molecule has 0 spiro atoms. The van der Waals surface area contributed by atoms with E-state index in [1.54, 1.807) is 7.05 Å². The van der Waals surface area contributed by atoms with Gasteiger partial charge in [-0.2, -0.15) is 0 Å². The van der Waals surface area contributed by atoms with Crippen molar-refractivity contribution in [2.24, 2.45) is 4.99 Å². The van der Waals surface area contributed by atoms with Crippen LogP contribution in [0.1, 0.15) is 5.69 Å². The lowest BCUT2D eigenvalue weighted by molar-refractivity contribution is 0.322. The van der Waals surface area contributed by atoms with Crippen molar-refractivity contribution in [3.05, 3.63) is 54.2 Å². The number of anilines is 1. The van der Waals surface area contributed by atoms with Gasteiger partial charge in [-0.25, -0.2) is 4.98 Å². The Morgan fingerprint density at radius 2 is 1.88 bits per heavy atom. The predicted molar refractivity (Wildman–Crippen MR) is 98.7 cm³/mol. The molecular weight excluding hydrogens is 302 g/mol. The summed E-state index contributed by atoms with van der Waals surface area (Å²) in [5.41, 5.74) is 0.963. The molecule has 1 aromatic heterocycles. The molecule has 0 radical (unpaired) electrons. The number of pyridine rings is 1. The molecule has 1 aromatic carbocycles. The molecule has 0 aliphatic carbocycles. The number of aromatic nitrogens is 1. The molecule has 2 N–H and O–H groups in total. The molecule has 0 saturated carbocycles. The molecular formula is C18H25N5O. The number of aliphatic imine (C=N–C) groups is 1. The minimum absolute atomic E-state index is 0.569. The van der Waals surface area contributed by atoms with E-state index in [2.05, 4.69) is 20.6 Å². The number of ether oxygens (including phenoxy) is 1. The van der Waals surface area contributed by atoms with Crippen LogP contribution in [0.3, 0.4) is 0 Å². The van der Waals surface area contributed by atoms with Gasteiger partial charge in [-0.1, -0.05) is 24.3 Å². The summed E-state index contributed by atoms with van der Waals surface area (Å²) < 4.78 is 5.64. The second-order valence-electron chi connectivity index (χ2n) is 5.40. The van der Waals surface area contributed by atoms with E-state index in [0.29, 0.717) is 19.7 Å². The van der Waals surface area contributed by atoms with E-state index >= 15 is 0 Å². The molecule has 2 aromatic rings. The smallest absolute Gasteiger partial charge is 0.191 e. The summed E-state index contributed by atoms with van der Waals surface area (Å²) in [5.74, 6) is 2.53. The van der Waals surface area contributed by atoms with Gasteiger partial charge in [0.1, 0.15) is 18.2 Å². The minimum Gasteiger partial charge on any atom is -0.492 e. The molecule has 2 rings (SSSR count). The molecule has 6 nitrogen and oxygen atoms in total. The molecule has 0 amide bonds. The Bertz CT molecular complexity index is 643. The summed E-state index contributed by atoms with van der Waals surface area (Å²) >= 11 is 0. The van der Waals surface area contributed by atoms with Gasteiger partial charge >= 0.3 is 0 Å². The highest BCUT2D eigenvalue weighted by atomic mass is 16.5. The van der Waals surface area contributed by atoms with E-state index in [-0.39, 0.29) is 0 Å². The predicted octanol–water partition coefficient (Wildman–Crippen LogP) is 1.89.